The van der Waals surface area contributed by atoms with Gasteiger partial charge in [-0.1, -0.05) is 47.6 Å². The maximum absolute atomic E-state index is 13.5. The molecule has 3 aliphatic rings. The van der Waals surface area contributed by atoms with E-state index in [1.54, 1.807) is 0 Å². The van der Waals surface area contributed by atoms with E-state index in [-0.39, 0.29) is 52.5 Å². The van der Waals surface area contributed by atoms with E-state index < -0.39 is 41.6 Å². The first kappa shape index (κ1) is 38.9. The highest BCUT2D eigenvalue weighted by Crippen LogP contribution is 2.68. The van der Waals surface area contributed by atoms with Crippen molar-refractivity contribution >= 4 is 37.2 Å². The summed E-state index contributed by atoms with van der Waals surface area (Å²) in [5, 5.41) is 14.6. The summed E-state index contributed by atoms with van der Waals surface area (Å²) >= 11 is 1.43. The fourth-order valence-electron chi connectivity index (χ4n) is 7.72. The number of hydrogen-bond acceptors (Lipinski definition) is 11. The first-order valence-corrected chi connectivity index (χ1v) is 17.8. The summed E-state index contributed by atoms with van der Waals surface area (Å²) in [5.41, 5.74) is 4.49. The lowest BCUT2D eigenvalue weighted by atomic mass is 9.44. The number of esters is 1. The average molecular weight is 660 g/mol. The van der Waals surface area contributed by atoms with Crippen molar-refractivity contribution in [1.29, 1.82) is 0 Å². The molecule has 0 radical (unpaired) electrons. The van der Waals surface area contributed by atoms with Crippen molar-refractivity contribution in [3.63, 3.8) is 0 Å². The molecule has 3 saturated carbocycles. The molecule has 0 aromatic carbocycles. The van der Waals surface area contributed by atoms with Gasteiger partial charge in [0.1, 0.15) is 11.9 Å². The van der Waals surface area contributed by atoms with Crippen molar-refractivity contribution < 1.29 is 43.5 Å². The van der Waals surface area contributed by atoms with Crippen LogP contribution in [0.3, 0.4) is 0 Å². The molecular weight excluding hydrogens is 607 g/mol. The third-order valence-corrected chi connectivity index (χ3v) is 12.2. The molecule has 9 atom stereocenters. The third-order valence-electron chi connectivity index (χ3n) is 10.9. The van der Waals surface area contributed by atoms with Crippen LogP contribution in [0.4, 0.5) is 0 Å². The maximum atomic E-state index is 13.5. The smallest absolute Gasteiger partial charge is 0.316 e. The summed E-state index contributed by atoms with van der Waals surface area (Å²) < 4.78 is 14.5. The normalized spacial score (nSPS) is 36.2. The van der Waals surface area contributed by atoms with Crippen molar-refractivity contribution in [3.05, 3.63) is 12.7 Å². The van der Waals surface area contributed by atoms with Gasteiger partial charge in [-0.15, -0.1) is 18.3 Å². The van der Waals surface area contributed by atoms with E-state index in [0.717, 1.165) is 19.3 Å². The number of nitrogens with one attached hydrogen (secondary N) is 1. The summed E-state index contributed by atoms with van der Waals surface area (Å²) in [4.78, 5) is 64.9. The highest BCUT2D eigenvalue weighted by Gasteiger charge is 2.68. The zero-order valence-electron chi connectivity index (χ0n) is 27.4. The van der Waals surface area contributed by atoms with Gasteiger partial charge < -0.3 is 40.1 Å². The highest BCUT2D eigenvalue weighted by atomic mass is 32.2. The van der Waals surface area contributed by atoms with Crippen LogP contribution in [-0.2, 0) is 23.7 Å². The van der Waals surface area contributed by atoms with Gasteiger partial charge in [0.2, 0.25) is 5.91 Å². The quantitative estimate of drug-likeness (QED) is 0.184. The van der Waals surface area contributed by atoms with Crippen LogP contribution in [0.5, 0.6) is 0 Å². The van der Waals surface area contributed by atoms with Crippen LogP contribution in [-0.4, -0.2) is 58.1 Å². The number of carbonyl (C=O) groups excluding carboxylic acids is 3. The Hall–Kier alpha value is -1.27. The number of phosphoric acid groups is 1. The number of aliphatic hydroxyl groups excluding tert-OH is 1. The Morgan fingerprint density at radius 2 is 1.82 bits per heavy atom. The lowest BCUT2D eigenvalue weighted by molar-refractivity contribution is -0.432. The number of ketones is 1. The van der Waals surface area contributed by atoms with Crippen molar-refractivity contribution in [3.8, 4) is 0 Å². The minimum absolute atomic E-state index is 0.0382. The van der Waals surface area contributed by atoms with Crippen LogP contribution < -0.4 is 25.7 Å². The Morgan fingerprint density at radius 1 is 1.25 bits per heavy atom. The fourth-order valence-corrected chi connectivity index (χ4v) is 8.47. The van der Waals surface area contributed by atoms with Gasteiger partial charge in [-0.25, -0.2) is 0 Å². The van der Waals surface area contributed by atoms with E-state index in [1.807, 2.05) is 40.7 Å². The van der Waals surface area contributed by atoms with Gasteiger partial charge in [-0.2, -0.15) is 7.82 Å². The third kappa shape index (κ3) is 8.55. The Balaban J connectivity index is 0.00000125. The SMILES string of the molecule is C=C[C@]1(C)C[C@@H](OC(=O)CSC(C)(C)CNC(=O)[C@H](N)C(C)C)[C@]2(C)[C@H](C)CC[C@]3(CCC(=O)[C@H]32)[C@@H](C)[C@@H]1O.O=P([O-])([O-])[O-]. The number of aliphatic hydroxyl groups is 1. The van der Waals surface area contributed by atoms with Gasteiger partial charge in [-0.05, 0) is 62.7 Å². The fraction of sp³-hybridized carbons (Fsp3) is 0.839. The molecule has 3 fully saturated rings. The average Bonchev–Trinajstić information content (AvgIpc) is 3.27. The van der Waals surface area contributed by atoms with Crippen LogP contribution in [0, 0.1) is 39.9 Å². The molecule has 13 heteroatoms. The van der Waals surface area contributed by atoms with Crippen molar-refractivity contribution in [2.45, 2.75) is 110 Å². The number of amides is 1. The van der Waals surface area contributed by atoms with Gasteiger partial charge in [0.15, 0.2) is 0 Å². The topological polar surface area (TPSA) is 205 Å². The van der Waals surface area contributed by atoms with E-state index >= 15 is 0 Å². The van der Waals surface area contributed by atoms with E-state index in [4.69, 9.17) is 29.7 Å². The molecule has 44 heavy (non-hydrogen) atoms. The van der Waals surface area contributed by atoms with E-state index in [1.165, 1.54) is 11.8 Å². The largest absolute Gasteiger partial charge is 0.822 e. The van der Waals surface area contributed by atoms with E-state index in [9.17, 15) is 19.5 Å². The highest BCUT2D eigenvalue weighted by molar-refractivity contribution is 8.01. The monoisotopic (exact) mass is 659 g/mol. The number of carbonyl (C=O) groups is 3. The second-order valence-electron chi connectivity index (χ2n) is 14.5. The molecule has 2 bridgehead atoms. The molecule has 0 heterocycles. The molecule has 11 nitrogen and oxygen atoms in total. The lowest BCUT2D eigenvalue weighted by Gasteiger charge is -2.61. The summed E-state index contributed by atoms with van der Waals surface area (Å²) in [5.74, 6) is -0.243. The summed E-state index contributed by atoms with van der Waals surface area (Å²) in [6.07, 6.45) is 4.17. The molecule has 0 aromatic rings. The van der Waals surface area contributed by atoms with Crippen LogP contribution in [0.25, 0.3) is 0 Å². The molecule has 254 valence electrons. The predicted octanol–water partition coefficient (Wildman–Crippen LogP) is 1.68. The lowest BCUT2D eigenvalue weighted by Crippen LogP contribution is -2.63. The minimum atomic E-state index is -5.39. The Labute approximate surface area is 266 Å². The van der Waals surface area contributed by atoms with Crippen molar-refractivity contribution in [1.82, 2.24) is 5.32 Å². The maximum Gasteiger partial charge on any atom is 0.316 e. The number of hydrogen-bond donors (Lipinski definition) is 3. The summed E-state index contributed by atoms with van der Waals surface area (Å²) in [6, 6.07) is -0.573. The second kappa shape index (κ2) is 14.2. The number of thioether (sulfide) groups is 1. The summed E-state index contributed by atoms with van der Waals surface area (Å²) in [7, 11) is -5.39. The van der Waals surface area contributed by atoms with Crippen LogP contribution in [0.2, 0.25) is 0 Å². The molecule has 0 unspecified atom stereocenters. The molecular formula is C31H52N2O9PS-3. The van der Waals surface area contributed by atoms with Crippen LogP contribution in [0.15, 0.2) is 12.7 Å². The Kier molecular flexibility index (Phi) is 12.6. The van der Waals surface area contributed by atoms with E-state index in [0.29, 0.717) is 19.4 Å². The molecule has 0 spiro atoms. The Morgan fingerprint density at radius 3 is 2.34 bits per heavy atom. The van der Waals surface area contributed by atoms with Crippen molar-refractivity contribution in [2.24, 2.45) is 45.7 Å². The van der Waals surface area contributed by atoms with Gasteiger partial charge in [0, 0.05) is 34.5 Å². The molecule has 0 aromatic heterocycles. The Bertz CT molecular complexity index is 1120. The first-order valence-electron chi connectivity index (χ1n) is 15.4. The number of rotatable bonds is 9. The minimum Gasteiger partial charge on any atom is -0.822 e. The van der Waals surface area contributed by atoms with E-state index in [2.05, 4.69) is 32.7 Å². The van der Waals surface area contributed by atoms with Crippen LogP contribution in [0.1, 0.15) is 87.5 Å². The molecule has 4 N–H and O–H groups in total. The number of ether oxygens (including phenoxy) is 1. The number of nitrogens with two attached hydrogens (primary N) is 1. The van der Waals surface area contributed by atoms with Crippen LogP contribution >= 0.6 is 19.6 Å². The molecule has 3 rings (SSSR count). The van der Waals surface area contributed by atoms with Gasteiger partial charge in [0.05, 0.1) is 17.9 Å². The molecule has 3 aliphatic carbocycles. The molecule has 0 saturated heterocycles. The zero-order valence-corrected chi connectivity index (χ0v) is 29.1. The van der Waals surface area contributed by atoms with Gasteiger partial charge in [-0.3, -0.25) is 14.4 Å². The molecule has 0 aliphatic heterocycles. The van der Waals surface area contributed by atoms with Gasteiger partial charge >= 0.3 is 5.97 Å². The summed E-state index contributed by atoms with van der Waals surface area (Å²) in [6.45, 7) is 20.7. The zero-order chi connectivity index (χ0) is 34.1. The van der Waals surface area contributed by atoms with Crippen molar-refractivity contribution in [2.75, 3.05) is 12.3 Å². The molecule has 1 amide bonds. The number of Topliss-reactive ketones (excluding diaryl/α,β-unsaturated/α-hetero) is 1. The predicted molar refractivity (Wildman–Crippen MR) is 165 cm³/mol. The first-order chi connectivity index (χ1) is 19.9. The standard InChI is InChI=1S/C31H52N2O5S.H3O4P/c1-10-29(8)15-22(38-23(35)16-39-28(6,7)17-33-27(37)24(32)18(2)3)30(9)19(4)11-13-31(20(5)26(29)36)14-12-21(34)25(30)31;1-5(2,3)4/h10,18-20,22,24-26,36H,1,11-17,32H2,2-9H3,(H,33,37);(H3,1,2,3,4)/p-3/t19-,20+,22-,24-,25+,26+,29-,30+,31+;/m1./s1. The second-order valence-corrected chi connectivity index (χ2v) is 17.1. The van der Waals surface area contributed by atoms with Gasteiger partial charge in [0.25, 0.3) is 0 Å².